The highest BCUT2D eigenvalue weighted by Gasteiger charge is 2.08. The molecule has 2 aromatic carbocycles. The molecule has 5 nitrogen and oxygen atoms in total. The Hall–Kier alpha value is -2.69. The second kappa shape index (κ2) is 14.3. The van der Waals surface area contributed by atoms with Crippen molar-refractivity contribution in [2.24, 2.45) is 10.2 Å². The minimum atomic E-state index is -0.688. The molecule has 30 heavy (non-hydrogen) atoms. The van der Waals surface area contributed by atoms with E-state index in [0.29, 0.717) is 6.42 Å². The second-order valence-electron chi connectivity index (χ2n) is 7.58. The summed E-state index contributed by atoms with van der Waals surface area (Å²) in [4.78, 5) is 10.5. The smallest absolute Gasteiger partial charge is 0.303 e. The van der Waals surface area contributed by atoms with E-state index >= 15 is 0 Å². The maximum absolute atomic E-state index is 10.5. The van der Waals surface area contributed by atoms with Crippen molar-refractivity contribution in [3.05, 3.63) is 54.6 Å². The van der Waals surface area contributed by atoms with Gasteiger partial charge in [-0.15, -0.1) is 0 Å². The lowest BCUT2D eigenvalue weighted by molar-refractivity contribution is -0.137. The molecule has 2 aromatic rings. The van der Waals surface area contributed by atoms with Crippen LogP contribution in [-0.2, 0) is 4.79 Å². The SMILES string of the molecule is CCC(CCCCCCCCCC(=O)O)Oc1ccc(/N=N/c2ccccc2)cc1. The molecule has 0 aliphatic rings. The minimum Gasteiger partial charge on any atom is -0.490 e. The van der Waals surface area contributed by atoms with Gasteiger partial charge in [-0.1, -0.05) is 57.2 Å². The van der Waals surface area contributed by atoms with Gasteiger partial charge in [-0.25, -0.2) is 0 Å². The van der Waals surface area contributed by atoms with Crippen molar-refractivity contribution in [1.82, 2.24) is 0 Å². The van der Waals surface area contributed by atoms with Gasteiger partial charge in [0, 0.05) is 6.42 Å². The van der Waals surface area contributed by atoms with Crippen LogP contribution in [0.15, 0.2) is 64.8 Å². The van der Waals surface area contributed by atoms with Crippen LogP contribution in [0.5, 0.6) is 5.75 Å². The maximum atomic E-state index is 10.5. The molecule has 1 N–H and O–H groups in total. The van der Waals surface area contributed by atoms with Crippen LogP contribution in [-0.4, -0.2) is 17.2 Å². The second-order valence-corrected chi connectivity index (χ2v) is 7.58. The van der Waals surface area contributed by atoms with Crippen molar-refractivity contribution in [3.63, 3.8) is 0 Å². The van der Waals surface area contributed by atoms with Gasteiger partial charge < -0.3 is 9.84 Å². The number of azo groups is 1. The zero-order valence-electron chi connectivity index (χ0n) is 18.0. The third kappa shape index (κ3) is 10.2. The van der Waals surface area contributed by atoms with Crippen LogP contribution in [0, 0.1) is 0 Å². The maximum Gasteiger partial charge on any atom is 0.303 e. The topological polar surface area (TPSA) is 71.2 Å². The molecule has 0 aromatic heterocycles. The first-order valence-electron chi connectivity index (χ1n) is 11.1. The number of carbonyl (C=O) groups is 1. The summed E-state index contributed by atoms with van der Waals surface area (Å²) < 4.78 is 6.14. The summed E-state index contributed by atoms with van der Waals surface area (Å²) in [5.74, 6) is 0.186. The van der Waals surface area contributed by atoms with Gasteiger partial charge in [0.1, 0.15) is 5.75 Å². The summed E-state index contributed by atoms with van der Waals surface area (Å²) >= 11 is 0. The fraction of sp³-hybridized carbons (Fsp3) is 0.480. The van der Waals surface area contributed by atoms with E-state index in [4.69, 9.17) is 9.84 Å². The summed E-state index contributed by atoms with van der Waals surface area (Å²) in [5, 5.41) is 17.1. The molecule has 0 amide bonds. The third-order valence-corrected chi connectivity index (χ3v) is 5.05. The molecule has 0 heterocycles. The van der Waals surface area contributed by atoms with Crippen molar-refractivity contribution in [3.8, 4) is 5.75 Å². The van der Waals surface area contributed by atoms with Crippen LogP contribution < -0.4 is 4.74 Å². The number of rotatable bonds is 15. The molecule has 0 saturated carbocycles. The average Bonchev–Trinajstić information content (AvgIpc) is 2.77. The average molecular weight is 411 g/mol. The highest BCUT2D eigenvalue weighted by molar-refractivity contribution is 5.66. The van der Waals surface area contributed by atoms with E-state index in [1.807, 2.05) is 54.6 Å². The van der Waals surface area contributed by atoms with E-state index < -0.39 is 5.97 Å². The van der Waals surface area contributed by atoms with E-state index in [9.17, 15) is 4.79 Å². The number of benzene rings is 2. The number of hydrogen-bond acceptors (Lipinski definition) is 4. The quantitative estimate of drug-likeness (QED) is 0.240. The van der Waals surface area contributed by atoms with Gasteiger partial charge in [0.05, 0.1) is 17.5 Å². The van der Waals surface area contributed by atoms with E-state index in [1.54, 1.807) is 0 Å². The summed E-state index contributed by atoms with van der Waals surface area (Å²) in [6, 6.07) is 17.5. The zero-order valence-corrected chi connectivity index (χ0v) is 18.0. The summed E-state index contributed by atoms with van der Waals surface area (Å²) in [7, 11) is 0. The Morgan fingerprint density at radius 1 is 0.833 bits per heavy atom. The van der Waals surface area contributed by atoms with Gasteiger partial charge >= 0.3 is 5.97 Å². The predicted octanol–water partition coefficient (Wildman–Crippen LogP) is 7.85. The first-order chi connectivity index (χ1) is 14.7. The molecular weight excluding hydrogens is 376 g/mol. The molecule has 0 spiro atoms. The Bertz CT molecular complexity index is 745. The van der Waals surface area contributed by atoms with Crippen LogP contribution in [0.3, 0.4) is 0 Å². The number of carboxylic acids is 1. The minimum absolute atomic E-state index is 0.234. The van der Waals surface area contributed by atoms with Gasteiger partial charge in [0.2, 0.25) is 0 Å². The van der Waals surface area contributed by atoms with Crippen LogP contribution in [0.1, 0.15) is 71.1 Å². The monoisotopic (exact) mass is 410 g/mol. The number of aliphatic carboxylic acids is 1. The Labute approximate surface area is 180 Å². The fourth-order valence-electron chi connectivity index (χ4n) is 3.27. The van der Waals surface area contributed by atoms with Crippen molar-refractivity contribution in [2.75, 3.05) is 0 Å². The lowest BCUT2D eigenvalue weighted by Crippen LogP contribution is -2.15. The first-order valence-corrected chi connectivity index (χ1v) is 11.1. The predicted molar refractivity (Wildman–Crippen MR) is 121 cm³/mol. The van der Waals surface area contributed by atoms with E-state index in [0.717, 1.165) is 55.6 Å². The molecule has 1 atom stereocenters. The summed E-state index contributed by atoms with van der Waals surface area (Å²) in [6.07, 6.45) is 10.3. The summed E-state index contributed by atoms with van der Waals surface area (Å²) in [5.41, 5.74) is 1.65. The van der Waals surface area contributed by atoms with Gasteiger partial charge in [0.25, 0.3) is 0 Å². The van der Waals surface area contributed by atoms with Crippen LogP contribution >= 0.6 is 0 Å². The molecule has 0 bridgehead atoms. The molecule has 0 aliphatic carbocycles. The number of carboxylic acid groups (broad SMARTS) is 1. The van der Waals surface area contributed by atoms with Crippen LogP contribution in [0.25, 0.3) is 0 Å². The van der Waals surface area contributed by atoms with E-state index in [-0.39, 0.29) is 6.10 Å². The molecule has 0 saturated heterocycles. The lowest BCUT2D eigenvalue weighted by Gasteiger charge is -2.17. The Morgan fingerprint density at radius 2 is 1.40 bits per heavy atom. The summed E-state index contributed by atoms with van der Waals surface area (Å²) in [6.45, 7) is 2.16. The Morgan fingerprint density at radius 3 is 2.00 bits per heavy atom. The van der Waals surface area contributed by atoms with Gasteiger partial charge in [0.15, 0.2) is 0 Å². The molecule has 0 radical (unpaired) electrons. The lowest BCUT2D eigenvalue weighted by atomic mass is 10.0. The number of nitrogens with zero attached hydrogens (tertiary/aromatic N) is 2. The van der Waals surface area contributed by atoms with E-state index in [1.165, 1.54) is 19.3 Å². The van der Waals surface area contributed by atoms with Gasteiger partial charge in [-0.05, 0) is 62.1 Å². The van der Waals surface area contributed by atoms with Crippen LogP contribution in [0.2, 0.25) is 0 Å². The van der Waals surface area contributed by atoms with Gasteiger partial charge in [-0.3, -0.25) is 4.79 Å². The van der Waals surface area contributed by atoms with Crippen molar-refractivity contribution in [2.45, 2.75) is 77.2 Å². The van der Waals surface area contributed by atoms with Crippen LogP contribution in [0.4, 0.5) is 11.4 Å². The molecular formula is C25H34N2O3. The van der Waals surface area contributed by atoms with Crippen molar-refractivity contribution >= 4 is 17.3 Å². The third-order valence-electron chi connectivity index (χ3n) is 5.05. The van der Waals surface area contributed by atoms with Gasteiger partial charge in [-0.2, -0.15) is 10.2 Å². The molecule has 0 aliphatic heterocycles. The number of ether oxygens (including phenoxy) is 1. The normalized spacial score (nSPS) is 12.2. The van der Waals surface area contributed by atoms with Crippen molar-refractivity contribution in [1.29, 1.82) is 0 Å². The Kier molecular flexibility index (Phi) is 11.3. The molecule has 5 heteroatoms. The molecule has 1 unspecified atom stereocenters. The molecule has 0 fully saturated rings. The largest absolute Gasteiger partial charge is 0.490 e. The molecule has 2 rings (SSSR count). The van der Waals surface area contributed by atoms with Crippen molar-refractivity contribution < 1.29 is 14.6 Å². The fourth-order valence-corrected chi connectivity index (χ4v) is 3.27. The highest BCUT2D eigenvalue weighted by atomic mass is 16.5. The highest BCUT2D eigenvalue weighted by Crippen LogP contribution is 2.23. The van der Waals surface area contributed by atoms with E-state index in [2.05, 4.69) is 17.2 Å². The molecule has 162 valence electrons. The number of unbranched alkanes of at least 4 members (excludes halogenated alkanes) is 6. The first kappa shape index (κ1) is 23.6. The Balaban J connectivity index is 1.63. The number of hydrogen-bond donors (Lipinski definition) is 1. The zero-order chi connectivity index (χ0) is 21.4. The standard InChI is InChI=1S/C25H34N2O3/c1-2-23(15-11-6-4-3-5-7-12-16-25(28)29)30-24-19-17-22(18-20-24)27-26-21-13-9-8-10-14-21/h8-10,13-14,17-20,23H,2-7,11-12,15-16H2,1H3,(H,28,29)/b27-26+.